The van der Waals surface area contributed by atoms with E-state index < -0.39 is 11.7 Å². The molecular weight excluding hydrogens is 284 g/mol. The Hall–Kier alpha value is -2.17. The summed E-state index contributed by atoms with van der Waals surface area (Å²) in [5.41, 5.74) is 0.946. The maximum Gasteiger partial charge on any atom is 0.333 e. The van der Waals surface area contributed by atoms with E-state index in [4.69, 9.17) is 4.74 Å². The number of phenols is 3. The Morgan fingerprint density at radius 1 is 1.23 bits per heavy atom. The van der Waals surface area contributed by atoms with Crippen molar-refractivity contribution in [2.45, 2.75) is 45.4 Å². The molecule has 1 aromatic carbocycles. The first-order valence-electron chi connectivity index (χ1n) is 7.44. The van der Waals surface area contributed by atoms with Crippen molar-refractivity contribution < 1.29 is 24.9 Å². The molecule has 0 fully saturated rings. The van der Waals surface area contributed by atoms with Crippen LogP contribution in [0.15, 0.2) is 24.3 Å². The third kappa shape index (κ3) is 4.98. The lowest BCUT2D eigenvalue weighted by molar-refractivity contribution is -0.139. The molecule has 5 heteroatoms. The topological polar surface area (TPSA) is 87.0 Å². The van der Waals surface area contributed by atoms with Gasteiger partial charge in [0, 0.05) is 11.5 Å². The van der Waals surface area contributed by atoms with E-state index in [0.717, 1.165) is 25.7 Å². The Kier molecular flexibility index (Phi) is 6.76. The molecule has 5 nitrogen and oxygen atoms in total. The highest BCUT2D eigenvalue weighted by atomic mass is 16.5. The summed E-state index contributed by atoms with van der Waals surface area (Å²) in [5.74, 6) is -1.95. The van der Waals surface area contributed by atoms with Gasteiger partial charge in [-0.1, -0.05) is 32.8 Å². The number of aromatic hydroxyl groups is 3. The zero-order valence-electron chi connectivity index (χ0n) is 13.1. The second-order valence-corrected chi connectivity index (χ2v) is 5.48. The van der Waals surface area contributed by atoms with Crippen molar-refractivity contribution in [2.75, 3.05) is 6.61 Å². The van der Waals surface area contributed by atoms with E-state index in [2.05, 4.69) is 13.5 Å². The number of carbonyl (C=O) groups is 1. The number of hydrogen-bond acceptors (Lipinski definition) is 5. The van der Waals surface area contributed by atoms with Gasteiger partial charge in [0.15, 0.2) is 17.2 Å². The van der Waals surface area contributed by atoms with Crippen molar-refractivity contribution in [3.05, 3.63) is 29.8 Å². The molecule has 0 saturated carbocycles. The summed E-state index contributed by atoms with van der Waals surface area (Å²) in [6.45, 7) is 7.34. The zero-order chi connectivity index (χ0) is 16.7. The first-order chi connectivity index (χ1) is 10.4. The van der Waals surface area contributed by atoms with Gasteiger partial charge in [0.1, 0.15) is 0 Å². The molecule has 22 heavy (non-hydrogen) atoms. The minimum atomic E-state index is -0.546. The first kappa shape index (κ1) is 17.9. The highest BCUT2D eigenvalue weighted by molar-refractivity contribution is 5.86. The molecule has 0 heterocycles. The molecule has 0 aliphatic rings. The number of carbonyl (C=O) groups excluding carboxylic acids is 1. The van der Waals surface area contributed by atoms with Crippen LogP contribution in [0.2, 0.25) is 0 Å². The van der Waals surface area contributed by atoms with Crippen molar-refractivity contribution in [1.29, 1.82) is 0 Å². The van der Waals surface area contributed by atoms with Gasteiger partial charge < -0.3 is 20.1 Å². The Labute approximate surface area is 130 Å². The number of ether oxygens (including phenoxy) is 1. The highest BCUT2D eigenvalue weighted by Crippen LogP contribution is 2.38. The molecule has 0 aromatic heterocycles. The first-order valence-corrected chi connectivity index (χ1v) is 7.44. The van der Waals surface area contributed by atoms with Gasteiger partial charge in [-0.2, -0.15) is 0 Å². The van der Waals surface area contributed by atoms with Crippen LogP contribution in [0.3, 0.4) is 0 Å². The van der Waals surface area contributed by atoms with Gasteiger partial charge in [0.25, 0.3) is 0 Å². The van der Waals surface area contributed by atoms with Gasteiger partial charge in [0.2, 0.25) is 0 Å². The van der Waals surface area contributed by atoms with Crippen LogP contribution in [-0.2, 0) is 9.53 Å². The molecule has 0 saturated heterocycles. The van der Waals surface area contributed by atoms with Crippen LogP contribution in [0.1, 0.15) is 51.0 Å². The molecule has 1 rings (SSSR count). The molecule has 3 N–H and O–H groups in total. The average molecular weight is 308 g/mol. The van der Waals surface area contributed by atoms with E-state index in [1.165, 1.54) is 12.1 Å². The average Bonchev–Trinajstić information content (AvgIpc) is 2.47. The van der Waals surface area contributed by atoms with E-state index in [0.29, 0.717) is 11.1 Å². The quantitative estimate of drug-likeness (QED) is 0.296. The highest BCUT2D eigenvalue weighted by Gasteiger charge is 2.18. The predicted molar refractivity (Wildman–Crippen MR) is 84.1 cm³/mol. The van der Waals surface area contributed by atoms with Crippen LogP contribution in [0.25, 0.3) is 0 Å². The summed E-state index contributed by atoms with van der Waals surface area (Å²) in [5, 5.41) is 28.7. The molecule has 0 aliphatic carbocycles. The summed E-state index contributed by atoms with van der Waals surface area (Å²) in [6.07, 6.45) is 3.79. The number of esters is 1. The Balaban J connectivity index is 2.89. The second kappa shape index (κ2) is 8.32. The number of phenolic OH excluding ortho intramolecular Hbond substituents is 3. The number of benzene rings is 1. The van der Waals surface area contributed by atoms with Gasteiger partial charge >= 0.3 is 5.97 Å². The molecule has 0 aliphatic heterocycles. The summed E-state index contributed by atoms with van der Waals surface area (Å²) in [4.78, 5) is 11.5. The van der Waals surface area contributed by atoms with Gasteiger partial charge in [-0.05, 0) is 31.0 Å². The van der Waals surface area contributed by atoms with Crippen LogP contribution in [-0.4, -0.2) is 27.9 Å². The van der Waals surface area contributed by atoms with Crippen LogP contribution in [0.4, 0.5) is 0 Å². The van der Waals surface area contributed by atoms with E-state index >= 15 is 0 Å². The molecule has 1 atom stereocenters. The SMILES string of the molecule is C=C(C)C(=O)OCC(CCCCC)c1cc(O)c(O)c(O)c1. The molecule has 1 aromatic rings. The van der Waals surface area contributed by atoms with Crippen LogP contribution >= 0.6 is 0 Å². The fourth-order valence-electron chi connectivity index (χ4n) is 2.15. The van der Waals surface area contributed by atoms with E-state index in [9.17, 15) is 20.1 Å². The fraction of sp³-hybridized carbons (Fsp3) is 0.471. The van der Waals surface area contributed by atoms with Crippen molar-refractivity contribution in [3.63, 3.8) is 0 Å². The maximum atomic E-state index is 11.5. The normalized spacial score (nSPS) is 11.9. The molecule has 0 bridgehead atoms. The Bertz CT molecular complexity index is 513. The van der Waals surface area contributed by atoms with Crippen molar-refractivity contribution >= 4 is 5.97 Å². The number of hydrogen-bond donors (Lipinski definition) is 3. The lowest BCUT2D eigenvalue weighted by atomic mass is 9.93. The monoisotopic (exact) mass is 308 g/mol. The van der Waals surface area contributed by atoms with E-state index in [-0.39, 0.29) is 24.0 Å². The summed E-state index contributed by atoms with van der Waals surface area (Å²) in [6, 6.07) is 2.78. The summed E-state index contributed by atoms with van der Waals surface area (Å²) < 4.78 is 5.20. The third-order valence-corrected chi connectivity index (χ3v) is 3.48. The molecule has 0 radical (unpaired) electrons. The largest absolute Gasteiger partial charge is 0.504 e. The Morgan fingerprint density at radius 3 is 2.32 bits per heavy atom. The smallest absolute Gasteiger partial charge is 0.333 e. The van der Waals surface area contributed by atoms with Crippen LogP contribution in [0.5, 0.6) is 17.2 Å². The molecule has 0 spiro atoms. The minimum absolute atomic E-state index is 0.138. The Morgan fingerprint density at radius 2 is 1.82 bits per heavy atom. The molecular formula is C17H24O5. The second-order valence-electron chi connectivity index (χ2n) is 5.48. The molecule has 1 unspecified atom stereocenters. The van der Waals surface area contributed by atoms with Crippen molar-refractivity contribution in [1.82, 2.24) is 0 Å². The van der Waals surface area contributed by atoms with Crippen LogP contribution < -0.4 is 0 Å². The van der Waals surface area contributed by atoms with E-state index in [1.807, 2.05) is 0 Å². The van der Waals surface area contributed by atoms with Gasteiger partial charge in [-0.25, -0.2) is 4.79 Å². The summed E-state index contributed by atoms with van der Waals surface area (Å²) in [7, 11) is 0. The predicted octanol–water partition coefficient (Wildman–Crippen LogP) is 3.59. The maximum absolute atomic E-state index is 11.5. The summed E-state index contributed by atoms with van der Waals surface area (Å²) >= 11 is 0. The fourth-order valence-corrected chi connectivity index (χ4v) is 2.15. The van der Waals surface area contributed by atoms with Crippen molar-refractivity contribution in [2.24, 2.45) is 0 Å². The standard InChI is InChI=1S/C17H24O5/c1-4-5-6-7-12(10-22-17(21)11(2)3)13-8-14(18)16(20)15(19)9-13/h8-9,12,18-20H,2,4-7,10H2,1,3H3. The van der Waals surface area contributed by atoms with Crippen LogP contribution in [0, 0.1) is 0 Å². The number of unbranched alkanes of at least 4 members (excludes halogenated alkanes) is 2. The lowest BCUT2D eigenvalue weighted by Gasteiger charge is -2.18. The lowest BCUT2D eigenvalue weighted by Crippen LogP contribution is -2.13. The third-order valence-electron chi connectivity index (χ3n) is 3.48. The molecule has 122 valence electrons. The molecule has 0 amide bonds. The number of rotatable bonds is 8. The van der Waals surface area contributed by atoms with E-state index in [1.54, 1.807) is 6.92 Å². The minimum Gasteiger partial charge on any atom is -0.504 e. The van der Waals surface area contributed by atoms with Gasteiger partial charge in [0.05, 0.1) is 6.61 Å². The van der Waals surface area contributed by atoms with Crippen molar-refractivity contribution in [3.8, 4) is 17.2 Å². The van der Waals surface area contributed by atoms with Gasteiger partial charge in [-0.3, -0.25) is 0 Å². The van der Waals surface area contributed by atoms with Gasteiger partial charge in [-0.15, -0.1) is 0 Å². The zero-order valence-corrected chi connectivity index (χ0v) is 13.1.